The van der Waals surface area contributed by atoms with Gasteiger partial charge >= 0.3 is 12.0 Å². The highest BCUT2D eigenvalue weighted by Crippen LogP contribution is 2.28. The molecule has 1 heterocycles. The summed E-state index contributed by atoms with van der Waals surface area (Å²) in [5, 5.41) is 23.5. The van der Waals surface area contributed by atoms with Crippen LogP contribution in [0, 0.1) is 0 Å². The molecule has 2 rings (SSSR count). The van der Waals surface area contributed by atoms with Crippen molar-refractivity contribution in [1.82, 2.24) is 10.6 Å². The molecule has 0 saturated heterocycles. The lowest BCUT2D eigenvalue weighted by molar-refractivity contribution is -0.133. The van der Waals surface area contributed by atoms with Gasteiger partial charge in [0.1, 0.15) is 5.75 Å². The van der Waals surface area contributed by atoms with Crippen LogP contribution in [-0.2, 0) is 4.79 Å². The van der Waals surface area contributed by atoms with E-state index in [1.807, 2.05) is 0 Å². The maximum Gasteiger partial charge on any atom is 0.335 e. The van der Waals surface area contributed by atoms with Crippen LogP contribution < -0.4 is 10.6 Å². The summed E-state index contributed by atoms with van der Waals surface area (Å²) < 4.78 is 0. The zero-order chi connectivity index (χ0) is 13.3. The second-order valence-electron chi connectivity index (χ2n) is 3.97. The minimum atomic E-state index is -1.12. The first-order chi connectivity index (χ1) is 8.49. The maximum atomic E-state index is 11.4. The Morgan fingerprint density at radius 2 is 2.11 bits per heavy atom. The van der Waals surface area contributed by atoms with Crippen molar-refractivity contribution >= 4 is 12.0 Å². The van der Waals surface area contributed by atoms with Gasteiger partial charge in [0.15, 0.2) is 0 Å². The average Bonchev–Trinajstić information content (AvgIpc) is 2.27. The summed E-state index contributed by atoms with van der Waals surface area (Å²) in [7, 11) is 0. The Kier molecular flexibility index (Phi) is 2.93. The summed E-state index contributed by atoms with van der Waals surface area (Å²) in [5.41, 5.74) is 0.862. The average molecular weight is 248 g/mol. The molecule has 0 saturated carbocycles. The van der Waals surface area contributed by atoms with Crippen molar-refractivity contribution in [2.24, 2.45) is 0 Å². The van der Waals surface area contributed by atoms with Crippen LogP contribution in [0.25, 0.3) is 0 Å². The Balaban J connectivity index is 2.50. The van der Waals surface area contributed by atoms with Gasteiger partial charge in [-0.25, -0.2) is 9.59 Å². The molecule has 1 atom stereocenters. The molecule has 0 aromatic heterocycles. The maximum absolute atomic E-state index is 11.4. The SMILES string of the molecule is CC1=C(C(=O)O)C(c2cccc(O)c2)NC(=O)N1. The number of phenols is 1. The second kappa shape index (κ2) is 4.40. The van der Waals surface area contributed by atoms with E-state index < -0.39 is 18.0 Å². The number of nitrogens with one attached hydrogen (secondary N) is 2. The third-order valence-corrected chi connectivity index (χ3v) is 2.70. The lowest BCUT2D eigenvalue weighted by Crippen LogP contribution is -2.45. The molecule has 0 radical (unpaired) electrons. The van der Waals surface area contributed by atoms with Crippen LogP contribution in [0.5, 0.6) is 5.75 Å². The lowest BCUT2D eigenvalue weighted by Gasteiger charge is -2.27. The molecule has 2 amide bonds. The van der Waals surface area contributed by atoms with Gasteiger partial charge in [-0.2, -0.15) is 0 Å². The topological polar surface area (TPSA) is 98.7 Å². The van der Waals surface area contributed by atoms with E-state index in [9.17, 15) is 19.8 Å². The van der Waals surface area contributed by atoms with Gasteiger partial charge in [0.25, 0.3) is 0 Å². The molecule has 1 aliphatic rings. The number of aliphatic carboxylic acids is 1. The molecule has 0 bridgehead atoms. The summed E-state index contributed by atoms with van der Waals surface area (Å²) >= 11 is 0. The van der Waals surface area contributed by atoms with Crippen LogP contribution >= 0.6 is 0 Å². The molecule has 1 aromatic rings. The number of aromatic hydroxyl groups is 1. The first-order valence-corrected chi connectivity index (χ1v) is 5.29. The van der Waals surface area contributed by atoms with E-state index in [0.29, 0.717) is 11.3 Å². The van der Waals surface area contributed by atoms with Gasteiger partial charge in [0, 0.05) is 5.70 Å². The number of hydrogen-bond donors (Lipinski definition) is 4. The van der Waals surface area contributed by atoms with Crippen molar-refractivity contribution < 1.29 is 19.8 Å². The number of carbonyl (C=O) groups is 2. The Hall–Kier alpha value is -2.50. The summed E-state index contributed by atoms with van der Waals surface area (Å²) in [6.07, 6.45) is 0. The molecule has 1 aliphatic heterocycles. The van der Waals surface area contributed by atoms with Crippen molar-refractivity contribution in [3.63, 3.8) is 0 Å². The zero-order valence-electron chi connectivity index (χ0n) is 9.60. The summed E-state index contributed by atoms with van der Waals surface area (Å²) in [6.45, 7) is 1.53. The van der Waals surface area contributed by atoms with Gasteiger partial charge in [-0.05, 0) is 24.6 Å². The van der Waals surface area contributed by atoms with Gasteiger partial charge in [0.2, 0.25) is 0 Å². The molecule has 18 heavy (non-hydrogen) atoms. The molecule has 0 spiro atoms. The van der Waals surface area contributed by atoms with Crippen LogP contribution in [0.1, 0.15) is 18.5 Å². The van der Waals surface area contributed by atoms with Crippen molar-refractivity contribution in [2.75, 3.05) is 0 Å². The van der Waals surface area contributed by atoms with Crippen molar-refractivity contribution in [2.45, 2.75) is 13.0 Å². The van der Waals surface area contributed by atoms with E-state index in [4.69, 9.17) is 0 Å². The largest absolute Gasteiger partial charge is 0.508 e. The number of allylic oxidation sites excluding steroid dienone is 1. The smallest absolute Gasteiger partial charge is 0.335 e. The fourth-order valence-electron chi connectivity index (χ4n) is 1.93. The summed E-state index contributed by atoms with van der Waals surface area (Å²) in [5.74, 6) is -1.10. The number of amides is 2. The number of urea groups is 1. The van der Waals surface area contributed by atoms with Gasteiger partial charge in [-0.15, -0.1) is 0 Å². The molecule has 0 aliphatic carbocycles. The zero-order valence-corrected chi connectivity index (χ0v) is 9.60. The van der Waals surface area contributed by atoms with E-state index >= 15 is 0 Å². The molecule has 0 fully saturated rings. The van der Waals surface area contributed by atoms with Gasteiger partial charge < -0.3 is 20.8 Å². The fourth-order valence-corrected chi connectivity index (χ4v) is 1.93. The number of rotatable bonds is 2. The van der Waals surface area contributed by atoms with Crippen molar-refractivity contribution in [1.29, 1.82) is 0 Å². The first kappa shape index (κ1) is 12.0. The van der Waals surface area contributed by atoms with Gasteiger partial charge in [0.05, 0.1) is 11.6 Å². The monoisotopic (exact) mass is 248 g/mol. The van der Waals surface area contributed by atoms with Crippen LogP contribution in [0.15, 0.2) is 35.5 Å². The Bertz CT molecular complexity index is 551. The van der Waals surface area contributed by atoms with E-state index in [1.54, 1.807) is 12.1 Å². The van der Waals surface area contributed by atoms with E-state index in [2.05, 4.69) is 10.6 Å². The number of carboxylic acid groups (broad SMARTS) is 1. The Labute approximate surface area is 103 Å². The minimum absolute atomic E-state index is 0.0164. The second-order valence-corrected chi connectivity index (χ2v) is 3.97. The molecule has 1 unspecified atom stereocenters. The molecule has 1 aromatic carbocycles. The van der Waals surface area contributed by atoms with Crippen LogP contribution in [0.3, 0.4) is 0 Å². The third kappa shape index (κ3) is 2.13. The lowest BCUT2D eigenvalue weighted by atomic mass is 9.95. The molecular weight excluding hydrogens is 236 g/mol. The van der Waals surface area contributed by atoms with Crippen LogP contribution in [-0.4, -0.2) is 22.2 Å². The number of carbonyl (C=O) groups excluding carboxylic acids is 1. The first-order valence-electron chi connectivity index (χ1n) is 5.29. The van der Waals surface area contributed by atoms with Gasteiger partial charge in [-0.1, -0.05) is 12.1 Å². The third-order valence-electron chi connectivity index (χ3n) is 2.70. The normalized spacial score (nSPS) is 19.2. The molecule has 6 heteroatoms. The molecule has 6 nitrogen and oxygen atoms in total. The predicted octanol–water partition coefficient (Wildman–Crippen LogP) is 1.10. The molecule has 4 N–H and O–H groups in total. The minimum Gasteiger partial charge on any atom is -0.508 e. The quantitative estimate of drug-likeness (QED) is 0.630. The van der Waals surface area contributed by atoms with Crippen LogP contribution in [0.2, 0.25) is 0 Å². The Morgan fingerprint density at radius 3 is 2.72 bits per heavy atom. The highest BCUT2D eigenvalue weighted by atomic mass is 16.4. The Morgan fingerprint density at radius 1 is 1.39 bits per heavy atom. The molecule has 94 valence electrons. The number of phenolic OH excluding ortho intramolecular Hbond substituents is 1. The summed E-state index contributed by atoms with van der Waals surface area (Å²) in [4.78, 5) is 22.6. The highest BCUT2D eigenvalue weighted by Gasteiger charge is 2.30. The van der Waals surface area contributed by atoms with E-state index in [1.165, 1.54) is 19.1 Å². The predicted molar refractivity (Wildman–Crippen MR) is 62.9 cm³/mol. The van der Waals surface area contributed by atoms with Crippen molar-refractivity contribution in [3.8, 4) is 5.75 Å². The number of carboxylic acids is 1. The number of hydrogen-bond acceptors (Lipinski definition) is 3. The number of benzene rings is 1. The highest BCUT2D eigenvalue weighted by molar-refractivity contribution is 5.93. The summed E-state index contributed by atoms with van der Waals surface area (Å²) in [6, 6.07) is 4.89. The van der Waals surface area contributed by atoms with E-state index in [-0.39, 0.29) is 11.3 Å². The fraction of sp³-hybridized carbons (Fsp3) is 0.167. The van der Waals surface area contributed by atoms with E-state index in [0.717, 1.165) is 0 Å². The standard InChI is InChI=1S/C12H12N2O4/c1-6-9(11(16)17)10(14-12(18)13-6)7-3-2-4-8(15)5-7/h2-5,10,15H,1H3,(H,16,17)(H2,13,14,18). The van der Waals surface area contributed by atoms with Crippen molar-refractivity contribution in [3.05, 3.63) is 41.1 Å². The van der Waals surface area contributed by atoms with Gasteiger partial charge in [-0.3, -0.25) is 0 Å². The van der Waals surface area contributed by atoms with Crippen LogP contribution in [0.4, 0.5) is 4.79 Å². The molecular formula is C12H12N2O4.